The average Bonchev–Trinajstić information content (AvgIpc) is 1.80. The van der Waals surface area contributed by atoms with Crippen LogP contribution in [0.1, 0.15) is 38.4 Å². The molecule has 0 unspecified atom stereocenters. The molecule has 3 heteroatoms. The Balaban J connectivity index is 1.22. The number of hydrogen-bond donors (Lipinski definition) is 0. The first-order chi connectivity index (χ1) is 39.9. The van der Waals surface area contributed by atoms with Gasteiger partial charge in [-0.05, 0) is 82.7 Å². The van der Waals surface area contributed by atoms with Crippen LogP contribution >= 0.6 is 0 Å². The molecule has 57 heavy (non-hydrogen) atoms. The van der Waals surface area contributed by atoms with Crippen LogP contribution in [-0.2, 0) is 0 Å². The first-order valence-electron chi connectivity index (χ1n) is 31.2. The van der Waals surface area contributed by atoms with Gasteiger partial charge in [-0.3, -0.25) is 0 Å². The van der Waals surface area contributed by atoms with Gasteiger partial charge < -0.3 is 13.6 Å². The number of hydrogen-bond acceptors (Lipinski definition) is 1. The third-order valence-electron chi connectivity index (χ3n) is 9.58. The molecule has 9 aromatic carbocycles. The van der Waals surface area contributed by atoms with Gasteiger partial charge >= 0.3 is 0 Å². The second-order valence-corrected chi connectivity index (χ2v) is 12.7. The maximum atomic E-state index is 10.0. The van der Waals surface area contributed by atoms with E-state index in [1.54, 1.807) is 0 Å². The summed E-state index contributed by atoms with van der Waals surface area (Å²) in [6.45, 7) is 0. The van der Waals surface area contributed by atoms with Crippen molar-refractivity contribution in [1.29, 1.82) is 0 Å². The summed E-state index contributed by atoms with van der Waals surface area (Å²) in [5, 5.41) is -2.55. The van der Waals surface area contributed by atoms with E-state index in [4.69, 9.17) is 26.3 Å². The van der Waals surface area contributed by atoms with E-state index in [-0.39, 0.29) is 57.2 Å². The Morgan fingerprint density at radius 3 is 1.74 bits per heavy atom. The quantitative estimate of drug-likeness (QED) is 0.172. The third-order valence-corrected chi connectivity index (χ3v) is 9.58. The van der Waals surface area contributed by atoms with E-state index in [0.717, 1.165) is 45.5 Å². The molecule has 0 saturated heterocycles. The van der Waals surface area contributed by atoms with E-state index >= 15 is 0 Å². The molecule has 0 aliphatic carbocycles. The second kappa shape index (κ2) is 12.5. The Morgan fingerprint density at radius 2 is 0.982 bits per heavy atom. The number of aromatic nitrogens is 2. The topological polar surface area (TPSA) is 23.0 Å². The Kier molecular flexibility index (Phi) is 3.23. The van der Waals surface area contributed by atoms with Crippen LogP contribution in [0.2, 0.25) is 0 Å². The lowest BCUT2D eigenvalue weighted by molar-refractivity contribution is 0.670. The number of nitrogens with zero attached hydrogens (tertiary/aromatic N) is 2. The van der Waals surface area contributed by atoms with Gasteiger partial charge in [-0.1, -0.05) is 145 Å². The molecule has 0 amide bonds. The van der Waals surface area contributed by atoms with Crippen molar-refractivity contribution in [3.63, 3.8) is 0 Å². The zero-order chi connectivity index (χ0) is 61.8. The first-order valence-corrected chi connectivity index (χ1v) is 17.2. The van der Waals surface area contributed by atoms with Crippen LogP contribution in [-0.4, -0.2) is 9.13 Å². The largest absolute Gasteiger partial charge is 0.455 e. The van der Waals surface area contributed by atoms with E-state index in [1.165, 1.54) is 0 Å². The maximum absolute atomic E-state index is 10.0. The van der Waals surface area contributed by atoms with Crippen molar-refractivity contribution < 1.29 is 42.8 Å². The number of benzene rings is 9. The molecule has 3 aromatic heterocycles. The molecule has 0 bridgehead atoms. The van der Waals surface area contributed by atoms with Crippen molar-refractivity contribution in [2.24, 2.45) is 0 Å². The van der Waals surface area contributed by atoms with E-state index in [0.29, 0.717) is 0 Å². The van der Waals surface area contributed by atoms with Gasteiger partial charge in [0.25, 0.3) is 0 Å². The fourth-order valence-corrected chi connectivity index (χ4v) is 7.16. The van der Waals surface area contributed by atoms with E-state index in [9.17, 15) is 16.4 Å². The van der Waals surface area contributed by atoms with Crippen LogP contribution in [0.3, 0.4) is 0 Å². The summed E-state index contributed by atoms with van der Waals surface area (Å²) in [6, 6.07) is -13.9. The molecular formula is C54H34N2O. The first kappa shape index (κ1) is 14.8. The molecule has 0 aliphatic heterocycles. The zero-order valence-corrected chi connectivity index (χ0v) is 28.8. The molecule has 266 valence electrons. The van der Waals surface area contributed by atoms with Crippen molar-refractivity contribution in [3.8, 4) is 44.8 Å². The van der Waals surface area contributed by atoms with Crippen LogP contribution in [0.15, 0.2) is 210 Å². The molecule has 0 saturated carbocycles. The maximum Gasteiger partial charge on any atom is 0.143 e. The van der Waals surface area contributed by atoms with Gasteiger partial charge in [-0.15, -0.1) is 0 Å². The third kappa shape index (κ3) is 4.86. The second-order valence-electron chi connectivity index (χ2n) is 12.7. The molecular weight excluding hydrogens is 693 g/mol. The van der Waals surface area contributed by atoms with Crippen LogP contribution in [0.5, 0.6) is 0 Å². The lowest BCUT2D eigenvalue weighted by atomic mass is 10.0. The van der Waals surface area contributed by atoms with Gasteiger partial charge in [0.05, 0.1) is 66.1 Å². The number of rotatable bonds is 5. The molecule has 0 atom stereocenters. The van der Waals surface area contributed by atoms with Gasteiger partial charge in [0.1, 0.15) is 11.2 Å². The highest BCUT2D eigenvalue weighted by Crippen LogP contribution is 2.41. The molecule has 0 spiro atoms. The fraction of sp³-hybridized carbons (Fsp3) is 0. The molecule has 12 aromatic rings. The normalized spacial score (nSPS) is 18.7. The predicted octanol–water partition coefficient (Wildman–Crippen LogP) is 14.8. The minimum Gasteiger partial charge on any atom is -0.455 e. The van der Waals surface area contributed by atoms with Crippen molar-refractivity contribution in [2.45, 2.75) is 0 Å². The SMILES string of the molecule is [2H]c1cc([2H])c(-c2c([2H])cc([2H])c3c2oc2c([2H])cc(-n4c5c([2H])c([2H])c([2H])c([2H])c5c5c([2H])c(-c6c([2H])c([2H])c7c(c6[2H])c6c([2H])c([2H])c([2H])c([2H])c6n7-c6cc([2H])cc([2H])c6-c6c([2H])c([2H])c([2H])c([2H])c6[2H])c([2H])c([2H])c54)c([2H])c23)c([2H])c1. The molecule has 0 radical (unpaired) electrons. The fourth-order valence-electron chi connectivity index (χ4n) is 7.16. The van der Waals surface area contributed by atoms with E-state index in [1.807, 2.05) is 0 Å². The van der Waals surface area contributed by atoms with Crippen LogP contribution < -0.4 is 0 Å². The summed E-state index contributed by atoms with van der Waals surface area (Å²) in [7, 11) is 0. The van der Waals surface area contributed by atoms with E-state index < -0.39 is 222 Å². The summed E-state index contributed by atoms with van der Waals surface area (Å²) in [5.41, 5.74) is -6.56. The van der Waals surface area contributed by atoms with Crippen LogP contribution in [0, 0.1) is 0 Å². The monoisotopic (exact) mass is 754 g/mol. The molecule has 0 N–H and O–H groups in total. The van der Waals surface area contributed by atoms with Crippen molar-refractivity contribution in [1.82, 2.24) is 9.13 Å². The van der Waals surface area contributed by atoms with E-state index in [2.05, 4.69) is 0 Å². The van der Waals surface area contributed by atoms with Gasteiger partial charge in [0.2, 0.25) is 0 Å². The lowest BCUT2D eigenvalue weighted by Crippen LogP contribution is -1.97. The highest BCUT2D eigenvalue weighted by atomic mass is 16.3. The predicted molar refractivity (Wildman–Crippen MR) is 239 cm³/mol. The van der Waals surface area contributed by atoms with Crippen molar-refractivity contribution in [2.75, 3.05) is 0 Å². The van der Waals surface area contributed by atoms with Crippen LogP contribution in [0.25, 0.3) is 110 Å². The average molecular weight is 755 g/mol. The van der Waals surface area contributed by atoms with Crippen molar-refractivity contribution >= 4 is 65.6 Å². The molecule has 12 rings (SSSR count). The van der Waals surface area contributed by atoms with Gasteiger partial charge in [-0.25, -0.2) is 0 Å². The summed E-state index contributed by atoms with van der Waals surface area (Å²) >= 11 is 0. The minimum atomic E-state index is -0.989. The van der Waals surface area contributed by atoms with Gasteiger partial charge in [0.15, 0.2) is 0 Å². The zero-order valence-electron chi connectivity index (χ0n) is 56.8. The number of fused-ring (bicyclic) bond motifs is 9. The summed E-state index contributed by atoms with van der Waals surface area (Å²) in [5.74, 6) is 0. The van der Waals surface area contributed by atoms with Gasteiger partial charge in [0, 0.05) is 49.1 Å². The Hall–Kier alpha value is -7.62. The summed E-state index contributed by atoms with van der Waals surface area (Å²) in [4.78, 5) is 0. The van der Waals surface area contributed by atoms with Crippen LogP contribution in [0.4, 0.5) is 0 Å². The Labute approximate surface area is 368 Å². The highest BCUT2D eigenvalue weighted by Gasteiger charge is 2.19. The lowest BCUT2D eigenvalue weighted by Gasteiger charge is -2.14. The number of furan rings is 1. The number of para-hydroxylation sites is 4. The summed E-state index contributed by atoms with van der Waals surface area (Å²) in [6.07, 6.45) is 0. The van der Waals surface area contributed by atoms with Crippen molar-refractivity contribution in [3.05, 3.63) is 206 Å². The highest BCUT2D eigenvalue weighted by molar-refractivity contribution is 6.14. The smallest absolute Gasteiger partial charge is 0.143 e. The Morgan fingerprint density at radius 1 is 0.368 bits per heavy atom. The molecule has 3 heterocycles. The molecule has 0 aliphatic rings. The minimum absolute atomic E-state index is 0.163. The standard InChI is InChI=1S/C54H34N2O/c1-3-14-35(15-4-1)40-18-7-10-23-48(40)56-50-25-12-9-20-43(50)46-33-38(27-30-52(46)56)37-26-29-51-45(32-37)42-19-8-11-24-49(42)55(51)39-28-31-53-47(34-39)44-22-13-21-41(54(44)57-53)36-16-5-2-6-17-36/h1-34H/i1D,2D,3D,4D,8D,9D,10D,11D,12D,14D,15D,16D,17D,18D,19D,20D,21D,22D,24D,25D,26D,27D,29D,30D,31D,32D,33D,34D. The summed E-state index contributed by atoms with van der Waals surface area (Å²) < 4.78 is 262. The molecule has 0 fully saturated rings. The Bertz CT molecular complexity index is 5120. The van der Waals surface area contributed by atoms with Gasteiger partial charge in [-0.2, -0.15) is 0 Å². The molecule has 3 nitrogen and oxygen atoms in total.